The average Bonchev–Trinajstić information content (AvgIpc) is 2.77. The zero-order valence-electron chi connectivity index (χ0n) is 18.6. The molecule has 11 heteroatoms. The highest BCUT2D eigenvalue weighted by Crippen LogP contribution is 2.26. The predicted octanol–water partition coefficient (Wildman–Crippen LogP) is 1.72. The number of methoxy groups -OCH3 is 2. The largest absolute Gasteiger partial charge is 0.497 e. The summed E-state index contributed by atoms with van der Waals surface area (Å²) in [6.07, 6.45) is 0.597. The van der Waals surface area contributed by atoms with Crippen LogP contribution in [0.15, 0.2) is 23.2 Å². The molecular weight excluding hydrogens is 535 g/mol. The van der Waals surface area contributed by atoms with Crippen LogP contribution in [0.2, 0.25) is 0 Å². The molecule has 0 aromatic heterocycles. The van der Waals surface area contributed by atoms with Crippen molar-refractivity contribution in [3.63, 3.8) is 0 Å². The van der Waals surface area contributed by atoms with Gasteiger partial charge in [-0.3, -0.25) is 4.99 Å². The van der Waals surface area contributed by atoms with Crippen molar-refractivity contribution in [1.29, 1.82) is 0 Å². The second-order valence-electron chi connectivity index (χ2n) is 7.10. The van der Waals surface area contributed by atoms with Gasteiger partial charge in [0.05, 0.1) is 32.6 Å². The molecule has 0 amide bonds. The maximum atomic E-state index is 12.0. The molecule has 1 aromatic rings. The highest BCUT2D eigenvalue weighted by molar-refractivity contribution is 14.0. The first-order chi connectivity index (χ1) is 14.3. The van der Waals surface area contributed by atoms with Crippen LogP contribution >= 0.6 is 24.0 Å². The van der Waals surface area contributed by atoms with Gasteiger partial charge in [-0.15, -0.1) is 24.0 Å². The summed E-state index contributed by atoms with van der Waals surface area (Å²) < 4.78 is 36.1. The van der Waals surface area contributed by atoms with Crippen molar-refractivity contribution in [2.75, 3.05) is 46.2 Å². The molecule has 2 rings (SSSR count). The Morgan fingerprint density at radius 1 is 1.19 bits per heavy atom. The summed E-state index contributed by atoms with van der Waals surface area (Å²) in [4.78, 5) is 4.51. The average molecular weight is 570 g/mol. The molecule has 1 fully saturated rings. The number of rotatable bonds is 9. The van der Waals surface area contributed by atoms with E-state index in [-0.39, 0.29) is 42.3 Å². The smallest absolute Gasteiger partial charge is 0.213 e. The van der Waals surface area contributed by atoms with E-state index in [1.54, 1.807) is 43.6 Å². The number of hydrogen-bond acceptors (Lipinski definition) is 6. The molecular formula is C20H35IN4O5S. The molecule has 0 aliphatic carbocycles. The summed E-state index contributed by atoms with van der Waals surface area (Å²) in [5, 5.41) is 17.1. The molecule has 3 N–H and O–H groups in total. The number of nitrogens with one attached hydrogen (secondary N) is 2. The van der Waals surface area contributed by atoms with Crippen LogP contribution in [0.25, 0.3) is 0 Å². The van der Waals surface area contributed by atoms with Crippen LogP contribution in [-0.2, 0) is 10.0 Å². The van der Waals surface area contributed by atoms with Crippen molar-refractivity contribution >= 4 is 40.0 Å². The predicted molar refractivity (Wildman–Crippen MR) is 133 cm³/mol. The van der Waals surface area contributed by atoms with Crippen molar-refractivity contribution in [3.05, 3.63) is 23.8 Å². The van der Waals surface area contributed by atoms with Crippen LogP contribution in [0.3, 0.4) is 0 Å². The SMILES string of the molecule is CCNC(=NCC(O)c1cc(OC)cc(OC)c1)NC1CCN(S(=O)(=O)CC)CC1.I. The molecule has 0 saturated carbocycles. The molecule has 1 aliphatic heterocycles. The third-order valence-corrected chi connectivity index (χ3v) is 6.96. The number of hydrogen-bond donors (Lipinski definition) is 3. The highest BCUT2D eigenvalue weighted by Gasteiger charge is 2.27. The minimum absolute atomic E-state index is 0. The molecule has 178 valence electrons. The van der Waals surface area contributed by atoms with E-state index in [0.29, 0.717) is 55.5 Å². The molecule has 0 radical (unpaired) electrons. The molecule has 9 nitrogen and oxygen atoms in total. The number of benzene rings is 1. The van der Waals surface area contributed by atoms with Crippen LogP contribution in [0.1, 0.15) is 38.4 Å². The number of aliphatic hydroxyl groups excluding tert-OH is 1. The zero-order valence-corrected chi connectivity index (χ0v) is 21.8. The van der Waals surface area contributed by atoms with Gasteiger partial charge >= 0.3 is 0 Å². The summed E-state index contributed by atoms with van der Waals surface area (Å²) in [6.45, 7) is 5.47. The molecule has 1 aliphatic rings. The number of ether oxygens (including phenoxy) is 2. The van der Waals surface area contributed by atoms with Crippen molar-refractivity contribution in [1.82, 2.24) is 14.9 Å². The van der Waals surface area contributed by atoms with E-state index in [0.717, 1.165) is 0 Å². The van der Waals surface area contributed by atoms with Crippen molar-refractivity contribution in [3.8, 4) is 11.5 Å². The molecule has 1 heterocycles. The first-order valence-electron chi connectivity index (χ1n) is 10.3. The Morgan fingerprint density at radius 2 is 1.77 bits per heavy atom. The van der Waals surface area contributed by atoms with Crippen LogP contribution in [0, 0.1) is 0 Å². The summed E-state index contributed by atoms with van der Waals surface area (Å²) in [5.41, 5.74) is 0.656. The Hall–Kier alpha value is -1.31. The fraction of sp³-hybridized carbons (Fsp3) is 0.650. The molecule has 0 bridgehead atoms. The number of piperidine rings is 1. The van der Waals surface area contributed by atoms with Crippen molar-refractivity contribution < 1.29 is 23.0 Å². The number of sulfonamides is 1. The normalized spacial score (nSPS) is 16.9. The quantitative estimate of drug-likeness (QED) is 0.236. The van der Waals surface area contributed by atoms with Gasteiger partial charge in [0.2, 0.25) is 10.0 Å². The Kier molecular flexibility index (Phi) is 11.9. The summed E-state index contributed by atoms with van der Waals surface area (Å²) in [5.74, 6) is 1.93. The van der Waals surface area contributed by atoms with Crippen LogP contribution in [0.5, 0.6) is 11.5 Å². The first-order valence-corrected chi connectivity index (χ1v) is 11.9. The highest BCUT2D eigenvalue weighted by atomic mass is 127. The van der Waals surface area contributed by atoms with E-state index in [4.69, 9.17) is 9.47 Å². The second-order valence-corrected chi connectivity index (χ2v) is 9.36. The fourth-order valence-electron chi connectivity index (χ4n) is 3.28. The number of guanidine groups is 1. The third kappa shape index (κ3) is 8.28. The van der Waals surface area contributed by atoms with Gasteiger partial charge in [0, 0.05) is 31.7 Å². The minimum atomic E-state index is -3.14. The standard InChI is InChI=1S/C20H34N4O5S.HI/c1-5-21-20(23-16-7-9-24(10-8-16)30(26,27)6-2)22-14-19(25)15-11-17(28-3)13-18(12-15)29-4;/h11-13,16,19,25H,5-10,14H2,1-4H3,(H2,21,22,23);1H. The van der Waals surface area contributed by atoms with E-state index in [1.807, 2.05) is 6.92 Å². The van der Waals surface area contributed by atoms with Crippen LogP contribution in [-0.4, -0.2) is 76.0 Å². The van der Waals surface area contributed by atoms with E-state index in [9.17, 15) is 13.5 Å². The van der Waals surface area contributed by atoms with Gasteiger partial charge < -0.3 is 25.2 Å². The monoisotopic (exact) mass is 570 g/mol. The molecule has 31 heavy (non-hydrogen) atoms. The number of aliphatic imine (C=N–C) groups is 1. The second kappa shape index (κ2) is 13.3. The lowest BCUT2D eigenvalue weighted by Crippen LogP contribution is -2.50. The maximum absolute atomic E-state index is 12.0. The first kappa shape index (κ1) is 27.7. The van der Waals surface area contributed by atoms with Crippen LogP contribution < -0.4 is 20.1 Å². The molecule has 0 spiro atoms. The minimum Gasteiger partial charge on any atom is -0.497 e. The van der Waals surface area contributed by atoms with Gasteiger partial charge in [-0.2, -0.15) is 0 Å². The zero-order chi connectivity index (χ0) is 22.1. The topological polar surface area (TPSA) is 112 Å². The third-order valence-electron chi connectivity index (χ3n) is 5.08. The summed E-state index contributed by atoms with van der Waals surface area (Å²) >= 11 is 0. The van der Waals surface area contributed by atoms with E-state index in [2.05, 4.69) is 15.6 Å². The van der Waals surface area contributed by atoms with E-state index >= 15 is 0 Å². The van der Waals surface area contributed by atoms with Crippen molar-refractivity contribution in [2.45, 2.75) is 38.8 Å². The summed E-state index contributed by atoms with van der Waals surface area (Å²) in [6, 6.07) is 5.39. The van der Waals surface area contributed by atoms with E-state index < -0.39 is 16.1 Å². The Balaban J connectivity index is 0.00000480. The van der Waals surface area contributed by atoms with Gasteiger partial charge in [0.25, 0.3) is 0 Å². The van der Waals surface area contributed by atoms with Crippen molar-refractivity contribution in [2.24, 2.45) is 4.99 Å². The lowest BCUT2D eigenvalue weighted by molar-refractivity contribution is 0.186. The molecule has 1 saturated heterocycles. The van der Waals surface area contributed by atoms with Gasteiger partial charge in [0.1, 0.15) is 11.5 Å². The Labute approximate surface area is 202 Å². The Bertz CT molecular complexity index is 792. The van der Waals surface area contributed by atoms with E-state index in [1.165, 1.54) is 0 Å². The van der Waals surface area contributed by atoms with Gasteiger partial charge in [-0.1, -0.05) is 0 Å². The maximum Gasteiger partial charge on any atom is 0.213 e. The molecule has 1 aromatic carbocycles. The van der Waals surface area contributed by atoms with Gasteiger partial charge in [0.15, 0.2) is 5.96 Å². The molecule has 1 atom stereocenters. The number of nitrogens with zero attached hydrogens (tertiary/aromatic N) is 2. The molecule has 1 unspecified atom stereocenters. The van der Waals surface area contributed by atoms with Gasteiger partial charge in [-0.05, 0) is 44.4 Å². The van der Waals surface area contributed by atoms with Crippen LogP contribution in [0.4, 0.5) is 0 Å². The summed E-state index contributed by atoms with van der Waals surface area (Å²) in [7, 11) is -0.0152. The Morgan fingerprint density at radius 3 is 2.26 bits per heavy atom. The lowest BCUT2D eigenvalue weighted by atomic mass is 10.1. The fourth-order valence-corrected chi connectivity index (χ4v) is 4.41. The lowest BCUT2D eigenvalue weighted by Gasteiger charge is -2.32. The number of halogens is 1. The van der Waals surface area contributed by atoms with Gasteiger partial charge in [-0.25, -0.2) is 12.7 Å². The number of aliphatic hydroxyl groups is 1.